The van der Waals surface area contributed by atoms with Crippen LogP contribution >= 0.6 is 15.9 Å². The van der Waals surface area contributed by atoms with Crippen LogP contribution < -0.4 is 11.1 Å². The molecule has 1 saturated carbocycles. The van der Waals surface area contributed by atoms with Gasteiger partial charge in [0.2, 0.25) is 0 Å². The van der Waals surface area contributed by atoms with Crippen molar-refractivity contribution < 1.29 is 0 Å². The molecule has 2 rings (SSSR count). The zero-order valence-electron chi connectivity index (χ0n) is 11.0. The Morgan fingerprint density at radius 3 is 2.89 bits per heavy atom. The molecule has 0 bridgehead atoms. The summed E-state index contributed by atoms with van der Waals surface area (Å²) in [7, 11) is 0. The van der Waals surface area contributed by atoms with Crippen LogP contribution in [0.4, 0.5) is 0 Å². The zero-order valence-corrected chi connectivity index (χ0v) is 12.6. The molecular weight excluding hydrogens is 288 g/mol. The van der Waals surface area contributed by atoms with Crippen molar-refractivity contribution in [2.24, 2.45) is 11.7 Å². The summed E-state index contributed by atoms with van der Waals surface area (Å²) in [4.78, 5) is 0. The molecule has 1 aromatic carbocycles. The van der Waals surface area contributed by atoms with E-state index in [9.17, 15) is 0 Å². The van der Waals surface area contributed by atoms with Crippen LogP contribution in [0.1, 0.15) is 44.2 Å². The maximum Gasteiger partial charge on any atom is 0.0294 e. The Kier molecular flexibility index (Phi) is 5.22. The van der Waals surface area contributed by atoms with Gasteiger partial charge in [-0.25, -0.2) is 0 Å². The summed E-state index contributed by atoms with van der Waals surface area (Å²) in [6.45, 7) is 3.05. The molecule has 3 heteroatoms. The summed E-state index contributed by atoms with van der Waals surface area (Å²) in [5, 5.41) is 3.76. The average Bonchev–Trinajstić information content (AvgIpc) is 2.39. The smallest absolute Gasteiger partial charge is 0.0294 e. The highest BCUT2D eigenvalue weighted by molar-refractivity contribution is 9.10. The van der Waals surface area contributed by atoms with Crippen LogP contribution in [0, 0.1) is 5.92 Å². The van der Waals surface area contributed by atoms with E-state index in [1.807, 2.05) is 0 Å². The average molecular weight is 311 g/mol. The third-order valence-electron chi connectivity index (χ3n) is 4.02. The number of nitrogens with two attached hydrogens (primary N) is 1. The summed E-state index contributed by atoms with van der Waals surface area (Å²) in [5.41, 5.74) is 7.22. The summed E-state index contributed by atoms with van der Waals surface area (Å²) in [6.07, 6.45) is 5.21. The lowest BCUT2D eigenvalue weighted by Gasteiger charge is -2.34. The van der Waals surface area contributed by atoms with E-state index in [0.717, 1.165) is 11.0 Å². The second kappa shape index (κ2) is 6.69. The Labute approximate surface area is 118 Å². The van der Waals surface area contributed by atoms with Crippen molar-refractivity contribution >= 4 is 15.9 Å². The van der Waals surface area contributed by atoms with Crippen molar-refractivity contribution in [3.63, 3.8) is 0 Å². The minimum Gasteiger partial charge on any atom is -0.330 e. The molecule has 1 fully saturated rings. The van der Waals surface area contributed by atoms with E-state index in [1.165, 1.54) is 31.2 Å². The van der Waals surface area contributed by atoms with Crippen LogP contribution in [0.5, 0.6) is 0 Å². The molecule has 100 valence electrons. The van der Waals surface area contributed by atoms with Gasteiger partial charge in [0.15, 0.2) is 0 Å². The normalized spacial score (nSPS) is 25.9. The zero-order chi connectivity index (χ0) is 13.0. The van der Waals surface area contributed by atoms with Crippen LogP contribution in [-0.4, -0.2) is 12.6 Å². The molecule has 1 aromatic rings. The Morgan fingerprint density at radius 1 is 1.39 bits per heavy atom. The Hall–Kier alpha value is -0.380. The number of nitrogens with one attached hydrogen (secondary N) is 1. The van der Waals surface area contributed by atoms with Gasteiger partial charge in [0.05, 0.1) is 0 Å². The molecule has 1 aliphatic carbocycles. The first-order valence-electron chi connectivity index (χ1n) is 6.92. The maximum atomic E-state index is 5.88. The molecular formula is C15H23BrN2. The summed E-state index contributed by atoms with van der Waals surface area (Å²) in [5.74, 6) is 0.647. The molecule has 2 nitrogen and oxygen atoms in total. The highest BCUT2D eigenvalue weighted by atomic mass is 79.9. The van der Waals surface area contributed by atoms with Crippen LogP contribution in [0.3, 0.4) is 0 Å². The van der Waals surface area contributed by atoms with E-state index < -0.39 is 0 Å². The van der Waals surface area contributed by atoms with Gasteiger partial charge in [-0.3, -0.25) is 0 Å². The lowest BCUT2D eigenvalue weighted by Crippen LogP contribution is -2.42. The van der Waals surface area contributed by atoms with Crippen molar-refractivity contribution in [3.05, 3.63) is 34.3 Å². The highest BCUT2D eigenvalue weighted by Gasteiger charge is 2.25. The molecule has 3 N–H and O–H groups in total. The fourth-order valence-electron chi connectivity index (χ4n) is 2.90. The van der Waals surface area contributed by atoms with Gasteiger partial charge in [-0.05, 0) is 49.9 Å². The highest BCUT2D eigenvalue weighted by Crippen LogP contribution is 2.26. The third-order valence-corrected chi connectivity index (χ3v) is 4.52. The standard InChI is InChI=1S/C15H23BrN2/c1-11(12-6-4-7-14(16)9-12)18-15-8-3-2-5-13(15)10-17/h4,6-7,9,11,13,15,18H,2-3,5,8,10,17H2,1H3. The monoisotopic (exact) mass is 310 g/mol. The quantitative estimate of drug-likeness (QED) is 0.891. The first kappa shape index (κ1) is 14.0. The van der Waals surface area contributed by atoms with Crippen LogP contribution in [0.2, 0.25) is 0 Å². The first-order chi connectivity index (χ1) is 8.70. The first-order valence-corrected chi connectivity index (χ1v) is 7.71. The van der Waals surface area contributed by atoms with Crippen LogP contribution in [0.25, 0.3) is 0 Å². The number of hydrogen-bond acceptors (Lipinski definition) is 2. The van der Waals surface area contributed by atoms with Crippen LogP contribution in [-0.2, 0) is 0 Å². The topological polar surface area (TPSA) is 38.0 Å². The number of hydrogen-bond donors (Lipinski definition) is 2. The number of halogens is 1. The molecule has 0 spiro atoms. The molecule has 0 aromatic heterocycles. The fourth-order valence-corrected chi connectivity index (χ4v) is 3.32. The van der Waals surface area contributed by atoms with Gasteiger partial charge in [0.25, 0.3) is 0 Å². The van der Waals surface area contributed by atoms with Gasteiger partial charge in [-0.1, -0.05) is 40.9 Å². The maximum absolute atomic E-state index is 5.88. The summed E-state index contributed by atoms with van der Waals surface area (Å²) < 4.78 is 1.15. The van der Waals surface area contributed by atoms with Crippen molar-refractivity contribution in [3.8, 4) is 0 Å². The Bertz CT molecular complexity index is 381. The Morgan fingerprint density at radius 2 is 2.17 bits per heavy atom. The summed E-state index contributed by atoms with van der Waals surface area (Å²) in [6, 6.07) is 9.51. The van der Waals surface area contributed by atoms with E-state index in [-0.39, 0.29) is 0 Å². The number of rotatable bonds is 4. The van der Waals surface area contributed by atoms with E-state index in [2.05, 4.69) is 52.4 Å². The molecule has 0 saturated heterocycles. The van der Waals surface area contributed by atoms with Gasteiger partial charge in [-0.15, -0.1) is 0 Å². The van der Waals surface area contributed by atoms with Crippen LogP contribution in [0.15, 0.2) is 28.7 Å². The van der Waals surface area contributed by atoms with Crippen molar-refractivity contribution in [1.29, 1.82) is 0 Å². The minimum absolute atomic E-state index is 0.389. The van der Waals surface area contributed by atoms with Crippen molar-refractivity contribution in [1.82, 2.24) is 5.32 Å². The predicted octanol–water partition coefficient (Wildman–Crippen LogP) is 3.62. The van der Waals surface area contributed by atoms with E-state index in [1.54, 1.807) is 0 Å². The third kappa shape index (κ3) is 3.56. The second-order valence-corrected chi connectivity index (χ2v) is 6.25. The second-order valence-electron chi connectivity index (χ2n) is 5.33. The molecule has 0 heterocycles. The van der Waals surface area contributed by atoms with Crippen molar-refractivity contribution in [2.45, 2.75) is 44.7 Å². The molecule has 3 atom stereocenters. The van der Waals surface area contributed by atoms with Gasteiger partial charge in [0, 0.05) is 16.6 Å². The summed E-state index contributed by atoms with van der Waals surface area (Å²) >= 11 is 3.53. The minimum atomic E-state index is 0.389. The lowest BCUT2D eigenvalue weighted by molar-refractivity contribution is 0.252. The molecule has 0 amide bonds. The molecule has 18 heavy (non-hydrogen) atoms. The number of benzene rings is 1. The molecule has 1 aliphatic rings. The van der Waals surface area contributed by atoms with E-state index >= 15 is 0 Å². The lowest BCUT2D eigenvalue weighted by atomic mass is 9.84. The van der Waals surface area contributed by atoms with Gasteiger partial charge in [-0.2, -0.15) is 0 Å². The molecule has 0 radical (unpaired) electrons. The van der Waals surface area contributed by atoms with Gasteiger partial charge < -0.3 is 11.1 Å². The van der Waals surface area contributed by atoms with Gasteiger partial charge >= 0.3 is 0 Å². The predicted molar refractivity (Wildman–Crippen MR) is 80.5 cm³/mol. The van der Waals surface area contributed by atoms with E-state index in [0.29, 0.717) is 18.0 Å². The largest absolute Gasteiger partial charge is 0.330 e. The molecule has 3 unspecified atom stereocenters. The fraction of sp³-hybridized carbons (Fsp3) is 0.600. The van der Waals surface area contributed by atoms with E-state index in [4.69, 9.17) is 5.73 Å². The van der Waals surface area contributed by atoms with Crippen molar-refractivity contribution in [2.75, 3.05) is 6.54 Å². The van der Waals surface area contributed by atoms with Gasteiger partial charge in [0.1, 0.15) is 0 Å². The Balaban J connectivity index is 1.99. The molecule has 0 aliphatic heterocycles. The SMILES string of the molecule is CC(NC1CCCCC1CN)c1cccc(Br)c1.